The van der Waals surface area contributed by atoms with Crippen LogP contribution in [0.15, 0.2) is 35.6 Å². The van der Waals surface area contributed by atoms with Crippen LogP contribution >= 0.6 is 0 Å². The van der Waals surface area contributed by atoms with Crippen molar-refractivity contribution in [3.63, 3.8) is 0 Å². The van der Waals surface area contributed by atoms with E-state index in [9.17, 15) is 19.1 Å². The number of amides is 1. The van der Waals surface area contributed by atoms with Crippen molar-refractivity contribution < 1.29 is 19.1 Å². The fraction of sp³-hybridized carbons (Fsp3) is 0.214. The third kappa shape index (κ3) is 2.14. The molecule has 0 bridgehead atoms. The van der Waals surface area contributed by atoms with Crippen LogP contribution in [0, 0.1) is 17.1 Å². The molecule has 1 atom stereocenters. The van der Waals surface area contributed by atoms with Crippen LogP contribution in [-0.2, 0) is 9.59 Å². The number of nitrogens with zero attached hydrogens (tertiary/aromatic N) is 2. The van der Waals surface area contributed by atoms with E-state index in [0.717, 1.165) is 4.90 Å². The third-order valence-electron chi connectivity index (χ3n) is 3.09. The summed E-state index contributed by atoms with van der Waals surface area (Å²) in [5.74, 6) is -2.50. The number of carbonyl (C=O) groups is 2. The third-order valence-corrected chi connectivity index (χ3v) is 3.09. The Morgan fingerprint density at radius 1 is 1.55 bits per heavy atom. The largest absolute Gasteiger partial charge is 0.503 e. The highest BCUT2D eigenvalue weighted by Gasteiger charge is 2.42. The van der Waals surface area contributed by atoms with E-state index in [1.807, 2.05) is 0 Å². The molecule has 1 amide bonds. The molecule has 1 heterocycles. The number of aliphatic hydroxyl groups excluding tert-OH is 1. The van der Waals surface area contributed by atoms with Gasteiger partial charge in [-0.2, -0.15) is 5.26 Å². The average Bonchev–Trinajstić information content (AvgIpc) is 2.64. The minimum atomic E-state index is -0.935. The van der Waals surface area contributed by atoms with Gasteiger partial charge in [0.2, 0.25) is 0 Å². The van der Waals surface area contributed by atoms with Gasteiger partial charge in [0.05, 0.1) is 17.7 Å². The van der Waals surface area contributed by atoms with Crippen molar-refractivity contribution in [1.29, 1.82) is 5.26 Å². The van der Waals surface area contributed by atoms with Crippen LogP contribution in [0.1, 0.15) is 18.5 Å². The fourth-order valence-corrected chi connectivity index (χ4v) is 2.28. The first-order valence-electron chi connectivity index (χ1n) is 5.84. The molecule has 1 aromatic carbocycles. The van der Waals surface area contributed by atoms with E-state index in [1.165, 1.54) is 31.2 Å². The van der Waals surface area contributed by atoms with Crippen LogP contribution in [0.5, 0.6) is 0 Å². The Morgan fingerprint density at radius 3 is 2.80 bits per heavy atom. The maximum absolute atomic E-state index is 13.3. The molecule has 0 radical (unpaired) electrons. The van der Waals surface area contributed by atoms with Crippen LogP contribution in [0.3, 0.4) is 0 Å². The zero-order valence-corrected chi connectivity index (χ0v) is 10.6. The summed E-state index contributed by atoms with van der Waals surface area (Å²) in [6.45, 7) is 0.905. The number of halogens is 1. The van der Waals surface area contributed by atoms with Crippen LogP contribution in [0.25, 0.3) is 0 Å². The number of aliphatic hydroxyl groups is 1. The van der Waals surface area contributed by atoms with Gasteiger partial charge in [-0.05, 0) is 24.6 Å². The first-order valence-corrected chi connectivity index (χ1v) is 5.84. The van der Waals surface area contributed by atoms with Gasteiger partial charge in [-0.15, -0.1) is 0 Å². The van der Waals surface area contributed by atoms with Gasteiger partial charge in [-0.25, -0.2) is 4.39 Å². The minimum absolute atomic E-state index is 0.115. The highest BCUT2D eigenvalue weighted by Crippen LogP contribution is 2.37. The summed E-state index contributed by atoms with van der Waals surface area (Å²) in [6.07, 6.45) is 0. The average molecular weight is 274 g/mol. The molecule has 0 fully saturated rings. The number of nitriles is 1. The number of ketones is 1. The minimum Gasteiger partial charge on any atom is -0.503 e. The molecule has 0 saturated carbocycles. The Hall–Kier alpha value is -2.68. The predicted octanol–water partition coefficient (Wildman–Crippen LogP) is 1.63. The molecular formula is C14H11FN2O3. The number of hydrogen-bond acceptors (Lipinski definition) is 4. The Labute approximate surface area is 114 Å². The van der Waals surface area contributed by atoms with E-state index in [0.29, 0.717) is 5.56 Å². The van der Waals surface area contributed by atoms with Gasteiger partial charge in [0, 0.05) is 0 Å². The standard InChI is InChI=1S/C14H11FN2O3/c1-8(18)11-12(9-3-2-4-10(15)7-9)17(6-5-16)14(20)13(11)19/h2-4,7,12,19H,6H2,1H3/t12-/m0/s1. The van der Waals surface area contributed by atoms with E-state index >= 15 is 0 Å². The van der Waals surface area contributed by atoms with Crippen molar-refractivity contribution in [3.05, 3.63) is 47.0 Å². The molecule has 20 heavy (non-hydrogen) atoms. The lowest BCUT2D eigenvalue weighted by molar-refractivity contribution is -0.128. The van der Waals surface area contributed by atoms with E-state index in [4.69, 9.17) is 5.26 Å². The zero-order chi connectivity index (χ0) is 14.9. The van der Waals surface area contributed by atoms with Crippen molar-refractivity contribution in [2.75, 3.05) is 6.54 Å². The van der Waals surface area contributed by atoms with Gasteiger partial charge < -0.3 is 10.0 Å². The summed E-state index contributed by atoms with van der Waals surface area (Å²) in [5, 5.41) is 18.6. The van der Waals surface area contributed by atoms with Crippen molar-refractivity contribution in [1.82, 2.24) is 4.90 Å². The summed E-state index contributed by atoms with van der Waals surface area (Å²) in [7, 11) is 0. The fourth-order valence-electron chi connectivity index (χ4n) is 2.28. The second-order valence-electron chi connectivity index (χ2n) is 4.37. The molecule has 6 heteroatoms. The Balaban J connectivity index is 2.58. The summed E-state index contributed by atoms with van der Waals surface area (Å²) in [4.78, 5) is 24.6. The predicted molar refractivity (Wildman–Crippen MR) is 66.8 cm³/mol. The van der Waals surface area contributed by atoms with Gasteiger partial charge >= 0.3 is 0 Å². The molecule has 2 rings (SSSR count). The Kier molecular flexibility index (Phi) is 3.53. The van der Waals surface area contributed by atoms with E-state index < -0.39 is 29.3 Å². The highest BCUT2D eigenvalue weighted by molar-refractivity contribution is 6.08. The van der Waals surface area contributed by atoms with Crippen molar-refractivity contribution in [2.24, 2.45) is 0 Å². The number of Topliss-reactive ketones (excluding diaryl/α,β-unsaturated/α-hetero) is 1. The van der Waals surface area contributed by atoms with Gasteiger partial charge in [0.15, 0.2) is 11.5 Å². The molecular weight excluding hydrogens is 263 g/mol. The molecule has 1 N–H and O–H groups in total. The normalized spacial score (nSPS) is 18.4. The Bertz CT molecular complexity index is 661. The Morgan fingerprint density at radius 2 is 2.25 bits per heavy atom. The zero-order valence-electron chi connectivity index (χ0n) is 10.6. The van der Waals surface area contributed by atoms with Gasteiger partial charge in [0.1, 0.15) is 12.4 Å². The second kappa shape index (κ2) is 5.13. The maximum Gasteiger partial charge on any atom is 0.290 e. The lowest BCUT2D eigenvalue weighted by Crippen LogP contribution is -2.31. The second-order valence-corrected chi connectivity index (χ2v) is 4.37. The molecule has 1 aliphatic heterocycles. The molecule has 0 aliphatic carbocycles. The lowest BCUT2D eigenvalue weighted by Gasteiger charge is -2.23. The van der Waals surface area contributed by atoms with E-state index in [-0.39, 0.29) is 12.1 Å². The van der Waals surface area contributed by atoms with E-state index in [1.54, 1.807) is 6.07 Å². The molecule has 0 aromatic heterocycles. The number of benzene rings is 1. The maximum atomic E-state index is 13.3. The van der Waals surface area contributed by atoms with Crippen LogP contribution < -0.4 is 0 Å². The van der Waals surface area contributed by atoms with E-state index in [2.05, 4.69) is 0 Å². The van der Waals surface area contributed by atoms with Crippen molar-refractivity contribution in [2.45, 2.75) is 13.0 Å². The summed E-state index contributed by atoms with van der Waals surface area (Å²) >= 11 is 0. The molecule has 5 nitrogen and oxygen atoms in total. The smallest absolute Gasteiger partial charge is 0.290 e. The van der Waals surface area contributed by atoms with Gasteiger partial charge in [-0.3, -0.25) is 9.59 Å². The van der Waals surface area contributed by atoms with Crippen molar-refractivity contribution in [3.8, 4) is 6.07 Å². The first kappa shape index (κ1) is 13.7. The summed E-state index contributed by atoms with van der Waals surface area (Å²) in [5.41, 5.74) is 0.221. The molecule has 0 spiro atoms. The molecule has 0 saturated heterocycles. The highest BCUT2D eigenvalue weighted by atomic mass is 19.1. The van der Waals surface area contributed by atoms with Gasteiger partial charge in [-0.1, -0.05) is 12.1 Å². The van der Waals surface area contributed by atoms with Crippen LogP contribution in [0.4, 0.5) is 4.39 Å². The molecule has 102 valence electrons. The molecule has 0 unspecified atom stereocenters. The van der Waals surface area contributed by atoms with Crippen molar-refractivity contribution >= 4 is 11.7 Å². The van der Waals surface area contributed by atoms with Crippen LogP contribution in [-0.4, -0.2) is 28.2 Å². The number of rotatable bonds is 3. The van der Waals surface area contributed by atoms with Crippen LogP contribution in [0.2, 0.25) is 0 Å². The first-order chi connectivity index (χ1) is 9.47. The van der Waals surface area contributed by atoms with Gasteiger partial charge in [0.25, 0.3) is 5.91 Å². The number of hydrogen-bond donors (Lipinski definition) is 1. The SMILES string of the molecule is CC(=O)C1=C(O)C(=O)N(CC#N)[C@H]1c1cccc(F)c1. The number of carbonyl (C=O) groups excluding carboxylic acids is 2. The summed E-state index contributed by atoms with van der Waals surface area (Å²) in [6, 6.07) is 6.23. The summed E-state index contributed by atoms with van der Waals surface area (Å²) < 4.78 is 13.3. The lowest BCUT2D eigenvalue weighted by atomic mass is 9.97. The quantitative estimate of drug-likeness (QED) is 0.849. The topological polar surface area (TPSA) is 81.4 Å². The molecule has 1 aromatic rings. The molecule has 1 aliphatic rings. The monoisotopic (exact) mass is 274 g/mol.